The number of amides is 1. The van der Waals surface area contributed by atoms with Crippen molar-refractivity contribution in [3.05, 3.63) is 33.8 Å². The van der Waals surface area contributed by atoms with Crippen molar-refractivity contribution in [2.24, 2.45) is 10.9 Å². The Balaban J connectivity index is 2.55. The van der Waals surface area contributed by atoms with Crippen LogP contribution in [0.25, 0.3) is 0 Å². The maximum Gasteiger partial charge on any atom is 0.251 e. The molecule has 0 bridgehead atoms. The van der Waals surface area contributed by atoms with Gasteiger partial charge < -0.3 is 16.3 Å². The highest BCUT2D eigenvalue weighted by Crippen LogP contribution is 2.17. The summed E-state index contributed by atoms with van der Waals surface area (Å²) in [5.41, 5.74) is 6.92. The number of benzene rings is 1. The Kier molecular flexibility index (Phi) is 4.96. The number of rotatable bonds is 4. The first-order chi connectivity index (χ1) is 8.04. The Morgan fingerprint density at radius 3 is 2.88 bits per heavy atom. The lowest BCUT2D eigenvalue weighted by Gasteiger charge is -2.06. The Hall–Kier alpha value is -1.56. The molecule has 17 heavy (non-hydrogen) atoms. The van der Waals surface area contributed by atoms with E-state index in [1.165, 1.54) is 0 Å². The zero-order valence-corrected chi connectivity index (χ0v) is 11.0. The van der Waals surface area contributed by atoms with Gasteiger partial charge in [-0.1, -0.05) is 27.2 Å². The van der Waals surface area contributed by atoms with Crippen molar-refractivity contribution < 1.29 is 10.0 Å². The number of aryl methyl sites for hydroxylation is 1. The molecule has 0 aliphatic rings. The van der Waals surface area contributed by atoms with E-state index in [9.17, 15) is 4.79 Å². The number of oxime groups is 1. The highest BCUT2D eigenvalue weighted by molar-refractivity contribution is 9.10. The minimum Gasteiger partial charge on any atom is -0.409 e. The van der Waals surface area contributed by atoms with Gasteiger partial charge in [0, 0.05) is 23.0 Å². The molecule has 0 radical (unpaired) electrons. The van der Waals surface area contributed by atoms with Gasteiger partial charge in [-0.15, -0.1) is 0 Å². The minimum atomic E-state index is -0.184. The fraction of sp³-hybridized carbons (Fsp3) is 0.273. The van der Waals surface area contributed by atoms with Crippen LogP contribution in [0.15, 0.2) is 27.8 Å². The summed E-state index contributed by atoms with van der Waals surface area (Å²) in [5.74, 6) is -0.0909. The predicted octanol–water partition coefficient (Wildman–Crippen LogP) is 1.62. The third-order valence-electron chi connectivity index (χ3n) is 2.23. The van der Waals surface area contributed by atoms with Gasteiger partial charge in [0.05, 0.1) is 0 Å². The van der Waals surface area contributed by atoms with Gasteiger partial charge in [0.15, 0.2) is 0 Å². The maximum absolute atomic E-state index is 11.7. The van der Waals surface area contributed by atoms with Crippen LogP contribution in [-0.2, 0) is 0 Å². The molecule has 1 aromatic rings. The van der Waals surface area contributed by atoms with Crippen LogP contribution in [0, 0.1) is 6.92 Å². The van der Waals surface area contributed by atoms with Crippen LogP contribution in [0.2, 0.25) is 0 Å². The second-order valence-corrected chi connectivity index (χ2v) is 4.42. The monoisotopic (exact) mass is 299 g/mol. The van der Waals surface area contributed by atoms with Crippen LogP contribution < -0.4 is 11.1 Å². The van der Waals surface area contributed by atoms with Crippen LogP contribution in [-0.4, -0.2) is 23.5 Å². The summed E-state index contributed by atoms with van der Waals surface area (Å²) in [7, 11) is 0. The summed E-state index contributed by atoms with van der Waals surface area (Å²) >= 11 is 3.36. The van der Waals surface area contributed by atoms with Gasteiger partial charge in [-0.25, -0.2) is 0 Å². The molecule has 0 aliphatic carbocycles. The fourth-order valence-electron chi connectivity index (χ4n) is 1.19. The quantitative estimate of drug-likeness (QED) is 0.342. The zero-order valence-electron chi connectivity index (χ0n) is 9.40. The smallest absolute Gasteiger partial charge is 0.251 e. The normalized spacial score (nSPS) is 11.3. The number of amidine groups is 1. The summed E-state index contributed by atoms with van der Waals surface area (Å²) in [5, 5.41) is 13.8. The number of hydrogen-bond donors (Lipinski definition) is 3. The highest BCUT2D eigenvalue weighted by Gasteiger charge is 2.06. The summed E-state index contributed by atoms with van der Waals surface area (Å²) < 4.78 is 0.890. The van der Waals surface area contributed by atoms with Gasteiger partial charge >= 0.3 is 0 Å². The van der Waals surface area contributed by atoms with E-state index in [2.05, 4.69) is 26.4 Å². The van der Waals surface area contributed by atoms with Crippen molar-refractivity contribution >= 4 is 27.7 Å². The first-order valence-electron chi connectivity index (χ1n) is 5.05. The minimum absolute atomic E-state index is 0.0930. The third-order valence-corrected chi connectivity index (χ3v) is 3.08. The van der Waals surface area contributed by atoms with Crippen molar-refractivity contribution in [2.75, 3.05) is 6.54 Å². The van der Waals surface area contributed by atoms with Crippen molar-refractivity contribution in [3.63, 3.8) is 0 Å². The van der Waals surface area contributed by atoms with E-state index < -0.39 is 0 Å². The molecule has 0 aromatic heterocycles. The molecule has 6 heteroatoms. The van der Waals surface area contributed by atoms with Crippen LogP contribution in [0.1, 0.15) is 22.3 Å². The zero-order chi connectivity index (χ0) is 12.8. The standard InChI is InChI=1S/C11H14BrN3O2/c1-7-2-3-8(6-9(7)12)11(16)14-5-4-10(13)15-17/h2-3,6,17H,4-5H2,1H3,(H2,13,15)(H,14,16). The second-order valence-electron chi connectivity index (χ2n) is 3.56. The first kappa shape index (κ1) is 13.5. The molecule has 0 aliphatic heterocycles. The largest absolute Gasteiger partial charge is 0.409 e. The summed E-state index contributed by atoms with van der Waals surface area (Å²) in [6.07, 6.45) is 0.315. The lowest BCUT2D eigenvalue weighted by molar-refractivity contribution is 0.0954. The Bertz CT molecular complexity index is 446. The highest BCUT2D eigenvalue weighted by atomic mass is 79.9. The average Bonchev–Trinajstić information content (AvgIpc) is 2.32. The molecule has 0 unspecified atom stereocenters. The molecular weight excluding hydrogens is 286 g/mol. The molecule has 5 nitrogen and oxygen atoms in total. The Labute approximate surface area is 108 Å². The van der Waals surface area contributed by atoms with Gasteiger partial charge in [0.2, 0.25) is 0 Å². The predicted molar refractivity (Wildman–Crippen MR) is 69.2 cm³/mol. The van der Waals surface area contributed by atoms with Crippen LogP contribution in [0.3, 0.4) is 0 Å². The van der Waals surface area contributed by atoms with Crippen molar-refractivity contribution in [1.82, 2.24) is 5.32 Å². The molecular formula is C11H14BrN3O2. The van der Waals surface area contributed by atoms with Crippen molar-refractivity contribution in [3.8, 4) is 0 Å². The molecule has 4 N–H and O–H groups in total. The van der Waals surface area contributed by atoms with Gasteiger partial charge in [-0.3, -0.25) is 4.79 Å². The maximum atomic E-state index is 11.7. The Morgan fingerprint density at radius 1 is 1.59 bits per heavy atom. The number of nitrogens with one attached hydrogen (secondary N) is 1. The van der Waals surface area contributed by atoms with E-state index in [1.54, 1.807) is 12.1 Å². The number of hydrogen-bond acceptors (Lipinski definition) is 3. The van der Waals surface area contributed by atoms with E-state index in [4.69, 9.17) is 10.9 Å². The number of halogens is 1. The summed E-state index contributed by atoms with van der Waals surface area (Å²) in [6.45, 7) is 2.28. The SMILES string of the molecule is Cc1ccc(C(=O)NCC/C(N)=N/O)cc1Br. The molecule has 0 fully saturated rings. The van der Waals surface area contributed by atoms with Gasteiger partial charge in [0.1, 0.15) is 5.84 Å². The second kappa shape index (κ2) is 6.24. The molecule has 0 spiro atoms. The van der Waals surface area contributed by atoms with E-state index in [0.29, 0.717) is 18.5 Å². The van der Waals surface area contributed by atoms with E-state index in [0.717, 1.165) is 10.0 Å². The van der Waals surface area contributed by atoms with E-state index in [1.807, 2.05) is 13.0 Å². The van der Waals surface area contributed by atoms with Crippen molar-refractivity contribution in [2.45, 2.75) is 13.3 Å². The first-order valence-corrected chi connectivity index (χ1v) is 5.84. The molecule has 1 amide bonds. The molecule has 1 aromatic carbocycles. The lowest BCUT2D eigenvalue weighted by Crippen LogP contribution is -2.28. The fourth-order valence-corrected chi connectivity index (χ4v) is 1.57. The van der Waals surface area contributed by atoms with Crippen molar-refractivity contribution in [1.29, 1.82) is 0 Å². The molecule has 0 atom stereocenters. The molecule has 0 heterocycles. The third kappa shape index (κ3) is 4.07. The van der Waals surface area contributed by atoms with E-state index >= 15 is 0 Å². The number of nitrogens with two attached hydrogens (primary N) is 1. The molecule has 0 saturated heterocycles. The van der Waals surface area contributed by atoms with Gasteiger partial charge in [-0.2, -0.15) is 0 Å². The van der Waals surface area contributed by atoms with Crippen LogP contribution in [0.5, 0.6) is 0 Å². The summed E-state index contributed by atoms with van der Waals surface area (Å²) in [6, 6.07) is 5.37. The average molecular weight is 300 g/mol. The molecule has 92 valence electrons. The van der Waals surface area contributed by atoms with Gasteiger partial charge in [0.25, 0.3) is 5.91 Å². The van der Waals surface area contributed by atoms with Crippen LogP contribution >= 0.6 is 15.9 Å². The Morgan fingerprint density at radius 2 is 2.29 bits per heavy atom. The molecule has 0 saturated carbocycles. The number of carbonyl (C=O) groups is 1. The topological polar surface area (TPSA) is 87.7 Å². The van der Waals surface area contributed by atoms with Gasteiger partial charge in [-0.05, 0) is 24.6 Å². The molecule has 1 rings (SSSR count). The number of nitrogens with zero attached hydrogens (tertiary/aromatic N) is 1. The summed E-state index contributed by atoms with van der Waals surface area (Å²) in [4.78, 5) is 11.7. The number of carbonyl (C=O) groups excluding carboxylic acids is 1. The lowest BCUT2D eigenvalue weighted by atomic mass is 10.1. The van der Waals surface area contributed by atoms with Crippen LogP contribution in [0.4, 0.5) is 0 Å². The van der Waals surface area contributed by atoms with E-state index in [-0.39, 0.29) is 11.7 Å².